The first-order chi connectivity index (χ1) is 6.76. The Balaban J connectivity index is 2.51. The summed E-state index contributed by atoms with van der Waals surface area (Å²) in [5.41, 5.74) is 5.46. The number of amides is 1. The Morgan fingerprint density at radius 3 is 2.53 bits per heavy atom. The summed E-state index contributed by atoms with van der Waals surface area (Å²) >= 11 is 0. The quantitative estimate of drug-likeness (QED) is 0.723. The first-order valence-corrected chi connectivity index (χ1v) is 5.52. The second kappa shape index (κ2) is 4.00. The number of nitrogens with zero attached hydrogens (tertiary/aromatic N) is 1. The van der Waals surface area contributed by atoms with Crippen molar-refractivity contribution in [2.75, 3.05) is 13.1 Å². The van der Waals surface area contributed by atoms with Crippen molar-refractivity contribution >= 4 is 6.09 Å². The Hall–Kier alpha value is -0.770. The maximum atomic E-state index is 11.7. The number of carbonyl (C=O) groups is 1. The maximum Gasteiger partial charge on any atom is 0.410 e. The van der Waals surface area contributed by atoms with Crippen LogP contribution >= 0.6 is 0 Å². The number of likely N-dealkylation sites (tertiary alicyclic amines) is 1. The van der Waals surface area contributed by atoms with Crippen LogP contribution in [0.25, 0.3) is 0 Å². The van der Waals surface area contributed by atoms with Crippen LogP contribution in [0.1, 0.15) is 40.5 Å². The van der Waals surface area contributed by atoms with E-state index in [9.17, 15) is 4.79 Å². The summed E-state index contributed by atoms with van der Waals surface area (Å²) in [7, 11) is 0. The first kappa shape index (κ1) is 12.3. The van der Waals surface area contributed by atoms with Crippen LogP contribution in [0.5, 0.6) is 0 Å². The largest absolute Gasteiger partial charge is 0.444 e. The predicted octanol–water partition coefficient (Wildman–Crippen LogP) is 1.73. The van der Waals surface area contributed by atoms with Gasteiger partial charge in [0.1, 0.15) is 5.60 Å². The molecular weight excluding hydrogens is 192 g/mol. The van der Waals surface area contributed by atoms with Gasteiger partial charge >= 0.3 is 6.09 Å². The average Bonchev–Trinajstić information content (AvgIpc) is 2.46. The van der Waals surface area contributed by atoms with Gasteiger partial charge in [-0.05, 0) is 33.6 Å². The fourth-order valence-corrected chi connectivity index (χ4v) is 1.67. The van der Waals surface area contributed by atoms with Crippen molar-refractivity contribution in [3.8, 4) is 0 Å². The smallest absolute Gasteiger partial charge is 0.410 e. The molecule has 4 nitrogen and oxygen atoms in total. The van der Waals surface area contributed by atoms with E-state index in [0.717, 1.165) is 12.8 Å². The van der Waals surface area contributed by atoms with Gasteiger partial charge in [0.15, 0.2) is 0 Å². The number of ether oxygens (including phenoxy) is 1. The maximum absolute atomic E-state index is 11.7. The van der Waals surface area contributed by atoms with Crippen LogP contribution in [0.2, 0.25) is 0 Å². The van der Waals surface area contributed by atoms with Crippen LogP contribution in [0, 0.1) is 0 Å². The summed E-state index contributed by atoms with van der Waals surface area (Å²) < 4.78 is 5.29. The minimum atomic E-state index is -0.427. The highest BCUT2D eigenvalue weighted by molar-refractivity contribution is 5.68. The minimum absolute atomic E-state index is 0.211. The second-order valence-corrected chi connectivity index (χ2v) is 5.37. The lowest BCUT2D eigenvalue weighted by molar-refractivity contribution is 0.0284. The number of hydrogen-bond acceptors (Lipinski definition) is 3. The highest BCUT2D eigenvalue weighted by Crippen LogP contribution is 2.23. The molecule has 1 fully saturated rings. The molecule has 0 aliphatic carbocycles. The van der Waals surface area contributed by atoms with Crippen molar-refractivity contribution in [1.82, 2.24) is 4.90 Å². The van der Waals surface area contributed by atoms with Crippen molar-refractivity contribution < 1.29 is 9.53 Å². The first-order valence-electron chi connectivity index (χ1n) is 5.52. The highest BCUT2D eigenvalue weighted by Gasteiger charge is 2.36. The number of nitrogens with two attached hydrogens (primary N) is 1. The lowest BCUT2D eigenvalue weighted by atomic mass is 9.97. The molecule has 0 aromatic carbocycles. The Morgan fingerprint density at radius 2 is 2.13 bits per heavy atom. The molecule has 2 N–H and O–H groups in total. The normalized spacial score (nSPS) is 26.9. The van der Waals surface area contributed by atoms with Gasteiger partial charge in [0.2, 0.25) is 0 Å². The molecular formula is C11H22N2O2. The van der Waals surface area contributed by atoms with Gasteiger partial charge in [-0.25, -0.2) is 4.79 Å². The molecule has 0 aromatic heterocycles. The summed E-state index contributed by atoms with van der Waals surface area (Å²) in [6.45, 7) is 8.99. The van der Waals surface area contributed by atoms with E-state index < -0.39 is 5.60 Å². The Bertz CT molecular complexity index is 247. The van der Waals surface area contributed by atoms with Gasteiger partial charge in [-0.1, -0.05) is 6.92 Å². The zero-order valence-corrected chi connectivity index (χ0v) is 10.2. The summed E-state index contributed by atoms with van der Waals surface area (Å²) in [6, 6.07) is 0. The lowest BCUT2D eigenvalue weighted by Gasteiger charge is -2.26. The molecule has 1 amide bonds. The van der Waals surface area contributed by atoms with Crippen LogP contribution in [0.4, 0.5) is 4.79 Å². The van der Waals surface area contributed by atoms with Crippen LogP contribution in [-0.4, -0.2) is 35.2 Å². The summed E-state index contributed by atoms with van der Waals surface area (Å²) in [5, 5.41) is 0. The van der Waals surface area contributed by atoms with Gasteiger partial charge < -0.3 is 15.4 Å². The molecule has 1 aliphatic rings. The SMILES string of the molecule is CC[C@@]1(N)CCN(C(=O)OC(C)(C)C)C1. The van der Waals surface area contributed by atoms with Crippen LogP contribution in [-0.2, 0) is 4.74 Å². The van der Waals surface area contributed by atoms with Crippen molar-refractivity contribution in [3.63, 3.8) is 0 Å². The van der Waals surface area contributed by atoms with Gasteiger partial charge in [-0.3, -0.25) is 0 Å². The molecule has 4 heteroatoms. The van der Waals surface area contributed by atoms with E-state index in [-0.39, 0.29) is 11.6 Å². The molecule has 1 aliphatic heterocycles. The monoisotopic (exact) mass is 214 g/mol. The van der Waals surface area contributed by atoms with Gasteiger partial charge in [-0.2, -0.15) is 0 Å². The van der Waals surface area contributed by atoms with E-state index in [1.165, 1.54) is 0 Å². The second-order valence-electron chi connectivity index (χ2n) is 5.37. The molecule has 0 aromatic rings. The van der Waals surface area contributed by atoms with E-state index in [2.05, 4.69) is 6.92 Å². The Labute approximate surface area is 91.8 Å². The van der Waals surface area contributed by atoms with Crippen molar-refractivity contribution in [1.29, 1.82) is 0 Å². The van der Waals surface area contributed by atoms with E-state index >= 15 is 0 Å². The molecule has 0 bridgehead atoms. The standard InChI is InChI=1S/C11H22N2O2/c1-5-11(12)6-7-13(8-11)9(14)15-10(2,3)4/h5-8,12H2,1-4H3/t11-/m1/s1. The predicted molar refractivity (Wildman–Crippen MR) is 59.6 cm³/mol. The van der Waals surface area contributed by atoms with Crippen molar-refractivity contribution in [2.45, 2.75) is 51.7 Å². The third kappa shape index (κ3) is 3.38. The number of carbonyl (C=O) groups excluding carboxylic acids is 1. The molecule has 1 atom stereocenters. The van der Waals surface area contributed by atoms with E-state index in [1.807, 2.05) is 20.8 Å². The molecule has 88 valence electrons. The third-order valence-electron chi connectivity index (χ3n) is 2.74. The zero-order valence-electron chi connectivity index (χ0n) is 10.2. The van der Waals surface area contributed by atoms with Crippen molar-refractivity contribution in [2.24, 2.45) is 5.73 Å². The molecule has 0 saturated carbocycles. The fraction of sp³-hybridized carbons (Fsp3) is 0.909. The molecule has 1 heterocycles. The summed E-state index contributed by atoms with van der Waals surface area (Å²) in [5.74, 6) is 0. The third-order valence-corrected chi connectivity index (χ3v) is 2.74. The van der Waals surface area contributed by atoms with Gasteiger partial charge in [0.05, 0.1) is 0 Å². The molecule has 1 saturated heterocycles. The highest BCUT2D eigenvalue weighted by atomic mass is 16.6. The molecule has 0 unspecified atom stereocenters. The Morgan fingerprint density at radius 1 is 1.53 bits per heavy atom. The van der Waals surface area contributed by atoms with E-state index in [4.69, 9.17) is 10.5 Å². The fourth-order valence-electron chi connectivity index (χ4n) is 1.67. The van der Waals surface area contributed by atoms with Crippen molar-refractivity contribution in [3.05, 3.63) is 0 Å². The van der Waals surface area contributed by atoms with Gasteiger partial charge in [0, 0.05) is 18.6 Å². The van der Waals surface area contributed by atoms with Crippen LogP contribution in [0.3, 0.4) is 0 Å². The Kier molecular flexibility index (Phi) is 3.28. The molecule has 1 rings (SSSR count). The zero-order chi connectivity index (χ0) is 11.7. The molecule has 0 spiro atoms. The van der Waals surface area contributed by atoms with Gasteiger partial charge in [-0.15, -0.1) is 0 Å². The number of rotatable bonds is 1. The van der Waals surface area contributed by atoms with Crippen LogP contribution < -0.4 is 5.73 Å². The van der Waals surface area contributed by atoms with E-state index in [1.54, 1.807) is 4.90 Å². The summed E-state index contributed by atoms with van der Waals surface area (Å²) in [4.78, 5) is 13.4. The minimum Gasteiger partial charge on any atom is -0.444 e. The number of hydrogen-bond donors (Lipinski definition) is 1. The lowest BCUT2D eigenvalue weighted by Crippen LogP contribution is -2.44. The summed E-state index contributed by atoms with van der Waals surface area (Å²) in [6.07, 6.45) is 1.51. The van der Waals surface area contributed by atoms with Gasteiger partial charge in [0.25, 0.3) is 0 Å². The van der Waals surface area contributed by atoms with E-state index in [0.29, 0.717) is 13.1 Å². The average molecular weight is 214 g/mol. The molecule has 0 radical (unpaired) electrons. The topological polar surface area (TPSA) is 55.6 Å². The molecule has 15 heavy (non-hydrogen) atoms. The van der Waals surface area contributed by atoms with Crippen LogP contribution in [0.15, 0.2) is 0 Å².